The number of fused-ring (bicyclic) bond motifs is 2. The van der Waals surface area contributed by atoms with Gasteiger partial charge < -0.3 is 20.1 Å². The molecule has 0 fully saturated rings. The Kier molecular flexibility index (Phi) is 9.16. The van der Waals surface area contributed by atoms with Crippen LogP contribution in [0.15, 0.2) is 133 Å². The predicted molar refractivity (Wildman–Crippen MR) is 196 cm³/mol. The van der Waals surface area contributed by atoms with Crippen LogP contribution in [-0.4, -0.2) is 36.0 Å². The second-order valence-corrected chi connectivity index (χ2v) is 11.8. The van der Waals surface area contributed by atoms with Crippen molar-refractivity contribution in [3.63, 3.8) is 0 Å². The van der Waals surface area contributed by atoms with Crippen LogP contribution in [0, 0.1) is 0 Å². The Labute approximate surface area is 289 Å². The fraction of sp³-hybridized carbons (Fsp3) is 0.0952. The fourth-order valence-corrected chi connectivity index (χ4v) is 5.92. The van der Waals surface area contributed by atoms with Crippen LogP contribution in [-0.2, 0) is 13.1 Å². The maximum absolute atomic E-state index is 13.5. The van der Waals surface area contributed by atoms with Crippen LogP contribution in [0.5, 0.6) is 11.5 Å². The van der Waals surface area contributed by atoms with E-state index in [1.807, 2.05) is 133 Å². The molecule has 7 rings (SSSR count). The van der Waals surface area contributed by atoms with Gasteiger partial charge in [0.15, 0.2) is 0 Å². The number of carbonyl (C=O) groups excluding carboxylic acids is 2. The highest BCUT2D eigenvalue weighted by molar-refractivity contribution is 6.08. The van der Waals surface area contributed by atoms with E-state index >= 15 is 0 Å². The number of hydrogen-bond acceptors (Lipinski definition) is 6. The number of rotatable bonds is 10. The summed E-state index contributed by atoms with van der Waals surface area (Å²) < 4.78 is 10.8. The van der Waals surface area contributed by atoms with Gasteiger partial charge in [0.1, 0.15) is 11.5 Å². The molecule has 0 unspecified atom stereocenters. The van der Waals surface area contributed by atoms with E-state index in [9.17, 15) is 9.59 Å². The van der Waals surface area contributed by atoms with Crippen LogP contribution >= 0.6 is 0 Å². The second kappa shape index (κ2) is 14.3. The van der Waals surface area contributed by atoms with Gasteiger partial charge in [-0.1, -0.05) is 84.9 Å². The summed E-state index contributed by atoms with van der Waals surface area (Å²) >= 11 is 0. The van der Waals surface area contributed by atoms with E-state index in [4.69, 9.17) is 19.4 Å². The van der Waals surface area contributed by atoms with Gasteiger partial charge in [-0.15, -0.1) is 0 Å². The molecule has 0 saturated heterocycles. The highest BCUT2D eigenvalue weighted by Crippen LogP contribution is 2.29. The van der Waals surface area contributed by atoms with Crippen LogP contribution in [0.25, 0.3) is 44.3 Å². The third-order valence-corrected chi connectivity index (χ3v) is 8.58. The number of methoxy groups -OCH3 is 2. The topological polar surface area (TPSA) is 102 Å². The van der Waals surface area contributed by atoms with Gasteiger partial charge >= 0.3 is 0 Å². The molecule has 2 heterocycles. The molecule has 0 bridgehead atoms. The maximum Gasteiger partial charge on any atom is 0.252 e. The highest BCUT2D eigenvalue weighted by atomic mass is 16.5. The summed E-state index contributed by atoms with van der Waals surface area (Å²) in [4.78, 5) is 36.7. The van der Waals surface area contributed by atoms with E-state index in [2.05, 4.69) is 10.6 Å². The lowest BCUT2D eigenvalue weighted by Gasteiger charge is -2.12. The zero-order chi connectivity index (χ0) is 34.5. The highest BCUT2D eigenvalue weighted by Gasteiger charge is 2.16. The molecule has 2 aromatic heterocycles. The first-order valence-corrected chi connectivity index (χ1v) is 16.2. The van der Waals surface area contributed by atoms with Crippen LogP contribution in [0.4, 0.5) is 0 Å². The number of nitrogens with one attached hydrogen (secondary N) is 2. The molecule has 0 radical (unpaired) electrons. The number of benzene rings is 5. The van der Waals surface area contributed by atoms with Crippen molar-refractivity contribution in [2.75, 3.05) is 14.2 Å². The van der Waals surface area contributed by atoms with Crippen molar-refractivity contribution in [2.24, 2.45) is 0 Å². The molecule has 7 aromatic rings. The van der Waals surface area contributed by atoms with Gasteiger partial charge in [-0.2, -0.15) is 0 Å². The van der Waals surface area contributed by atoms with E-state index < -0.39 is 0 Å². The van der Waals surface area contributed by atoms with E-state index in [1.54, 1.807) is 14.2 Å². The van der Waals surface area contributed by atoms with Crippen molar-refractivity contribution in [2.45, 2.75) is 13.1 Å². The number of aromatic nitrogens is 2. The molecule has 0 aliphatic carbocycles. The smallest absolute Gasteiger partial charge is 0.252 e. The number of amides is 2. The number of nitrogens with zero attached hydrogens (tertiary/aromatic N) is 2. The van der Waals surface area contributed by atoms with Gasteiger partial charge in [-0.3, -0.25) is 9.59 Å². The molecule has 0 atom stereocenters. The summed E-state index contributed by atoms with van der Waals surface area (Å²) in [5, 5.41) is 7.69. The first-order chi connectivity index (χ1) is 24.5. The Balaban J connectivity index is 1.04. The van der Waals surface area contributed by atoms with E-state index in [-0.39, 0.29) is 11.8 Å². The van der Waals surface area contributed by atoms with Crippen molar-refractivity contribution in [1.82, 2.24) is 20.6 Å². The first-order valence-electron chi connectivity index (χ1n) is 16.2. The summed E-state index contributed by atoms with van der Waals surface area (Å²) in [7, 11) is 3.25. The molecule has 8 nitrogen and oxygen atoms in total. The molecule has 2 amide bonds. The van der Waals surface area contributed by atoms with E-state index in [1.165, 1.54) is 0 Å². The van der Waals surface area contributed by atoms with Crippen molar-refractivity contribution in [1.29, 1.82) is 0 Å². The van der Waals surface area contributed by atoms with E-state index in [0.717, 1.165) is 55.6 Å². The standard InChI is InChI=1S/C42H34N4O4/c1-49-31-11-7-9-29(21-31)39-23-35(33-13-3-5-15-37(33)45-39)41(47)43-25-27-17-19-28(20-18-27)26-44-42(48)36-24-40(30-10-8-12-32(22-30)50-2)46-38-16-6-4-14-34(36)38/h3-24H,25-26H2,1-2H3,(H,43,47)(H,44,48). The quantitative estimate of drug-likeness (QED) is 0.154. The van der Waals surface area contributed by atoms with Gasteiger partial charge in [0, 0.05) is 35.0 Å². The summed E-state index contributed by atoms with van der Waals surface area (Å²) in [5.74, 6) is 1.05. The van der Waals surface area contributed by atoms with Gasteiger partial charge in [0.2, 0.25) is 0 Å². The second-order valence-electron chi connectivity index (χ2n) is 11.8. The van der Waals surface area contributed by atoms with Gasteiger partial charge in [0.25, 0.3) is 11.8 Å². The third kappa shape index (κ3) is 6.86. The molecular weight excluding hydrogens is 624 g/mol. The minimum absolute atomic E-state index is 0.193. The van der Waals surface area contributed by atoms with Crippen molar-refractivity contribution < 1.29 is 19.1 Å². The van der Waals surface area contributed by atoms with Crippen LogP contribution in [0.3, 0.4) is 0 Å². The maximum atomic E-state index is 13.5. The lowest BCUT2D eigenvalue weighted by atomic mass is 10.0. The molecule has 0 aliphatic rings. The van der Waals surface area contributed by atoms with Crippen molar-refractivity contribution in [3.8, 4) is 34.0 Å². The summed E-state index contributed by atoms with van der Waals surface area (Å²) in [5.41, 5.74) is 7.54. The zero-order valence-corrected chi connectivity index (χ0v) is 27.6. The van der Waals surface area contributed by atoms with Crippen molar-refractivity contribution >= 4 is 33.6 Å². The average molecular weight is 659 g/mol. The number of hydrogen-bond donors (Lipinski definition) is 2. The molecule has 8 heteroatoms. The Morgan fingerprint density at radius 1 is 0.520 bits per heavy atom. The molecule has 0 spiro atoms. The van der Waals surface area contributed by atoms with E-state index in [0.29, 0.717) is 35.6 Å². The number of carbonyl (C=O) groups is 2. The molecule has 0 saturated carbocycles. The lowest BCUT2D eigenvalue weighted by molar-refractivity contribution is 0.0944. The molecule has 246 valence electrons. The van der Waals surface area contributed by atoms with Gasteiger partial charge in [-0.25, -0.2) is 9.97 Å². The van der Waals surface area contributed by atoms with Gasteiger partial charge in [-0.05, 0) is 59.7 Å². The average Bonchev–Trinajstić information content (AvgIpc) is 3.18. The number of ether oxygens (including phenoxy) is 2. The van der Waals surface area contributed by atoms with Crippen LogP contribution < -0.4 is 20.1 Å². The van der Waals surface area contributed by atoms with Gasteiger partial charge in [0.05, 0.1) is 47.8 Å². The molecule has 5 aromatic carbocycles. The van der Waals surface area contributed by atoms with Crippen LogP contribution in [0.1, 0.15) is 31.8 Å². The molecule has 0 aliphatic heterocycles. The monoisotopic (exact) mass is 658 g/mol. The zero-order valence-electron chi connectivity index (χ0n) is 27.6. The summed E-state index contributed by atoms with van der Waals surface area (Å²) in [6.07, 6.45) is 0. The molecule has 2 N–H and O–H groups in total. The Hall–Kier alpha value is -6.54. The number of pyridine rings is 2. The predicted octanol–water partition coefficient (Wildman–Crippen LogP) is 7.99. The minimum Gasteiger partial charge on any atom is -0.497 e. The largest absolute Gasteiger partial charge is 0.497 e. The molecular formula is C42H34N4O4. The minimum atomic E-state index is -0.193. The Morgan fingerprint density at radius 3 is 1.36 bits per heavy atom. The first kappa shape index (κ1) is 32.0. The molecule has 50 heavy (non-hydrogen) atoms. The third-order valence-electron chi connectivity index (χ3n) is 8.58. The normalized spacial score (nSPS) is 10.9. The Morgan fingerprint density at radius 2 is 0.940 bits per heavy atom. The van der Waals surface area contributed by atoms with Crippen molar-refractivity contribution in [3.05, 3.63) is 156 Å². The Bertz CT molecular complexity index is 2190. The summed E-state index contributed by atoms with van der Waals surface area (Å²) in [6, 6.07) is 42.0. The number of para-hydroxylation sites is 2. The van der Waals surface area contributed by atoms with Crippen LogP contribution in [0.2, 0.25) is 0 Å². The fourth-order valence-electron chi connectivity index (χ4n) is 5.92. The summed E-state index contributed by atoms with van der Waals surface area (Å²) in [6.45, 7) is 0.680. The SMILES string of the molecule is COc1cccc(-c2cc(C(=O)NCc3ccc(CNC(=O)c4cc(-c5cccc(OC)c5)nc5ccccc45)cc3)c3ccccc3n2)c1. The lowest BCUT2D eigenvalue weighted by Crippen LogP contribution is -2.24.